The third kappa shape index (κ3) is 3.33. The quantitative estimate of drug-likeness (QED) is 0.755. The van der Waals surface area contributed by atoms with Crippen molar-refractivity contribution >= 4 is 5.91 Å². The van der Waals surface area contributed by atoms with Crippen molar-refractivity contribution in [2.75, 3.05) is 0 Å². The maximum atomic E-state index is 12.5. The lowest BCUT2D eigenvalue weighted by atomic mass is 9.94. The Hall–Kier alpha value is -1.67. The van der Waals surface area contributed by atoms with Crippen LogP contribution in [0.3, 0.4) is 0 Å². The zero-order valence-corrected chi connectivity index (χ0v) is 11.1. The van der Waals surface area contributed by atoms with Crippen LogP contribution in [0.1, 0.15) is 30.5 Å². The molecule has 116 valence electrons. The fourth-order valence-corrected chi connectivity index (χ4v) is 2.58. The smallest absolute Gasteiger partial charge is 0.390 e. The fraction of sp³-hybridized carbons (Fsp3) is 0.538. The zero-order valence-electron chi connectivity index (χ0n) is 11.1. The summed E-state index contributed by atoms with van der Waals surface area (Å²) in [4.78, 5) is 14.5. The van der Waals surface area contributed by atoms with E-state index in [1.54, 1.807) is 0 Å². The van der Waals surface area contributed by atoms with E-state index < -0.39 is 41.9 Å². The summed E-state index contributed by atoms with van der Waals surface area (Å²) >= 11 is 0. The minimum atomic E-state index is -4.52. The van der Waals surface area contributed by atoms with Gasteiger partial charge in [-0.15, -0.1) is 0 Å². The lowest BCUT2D eigenvalue weighted by Crippen LogP contribution is -2.44. The predicted octanol–water partition coefficient (Wildman–Crippen LogP) is 0.814. The molecule has 1 aliphatic carbocycles. The van der Waals surface area contributed by atoms with Gasteiger partial charge in [-0.25, -0.2) is 0 Å². The number of alkyl halides is 3. The van der Waals surface area contributed by atoms with Crippen molar-refractivity contribution in [3.8, 4) is 0 Å². The molecular formula is C13H15F3N2O3. The van der Waals surface area contributed by atoms with Crippen LogP contribution in [0, 0.1) is 0 Å². The number of nitrogens with one attached hydrogen (secondary N) is 1. The first-order chi connectivity index (χ1) is 9.70. The molecule has 21 heavy (non-hydrogen) atoms. The van der Waals surface area contributed by atoms with E-state index in [1.165, 1.54) is 13.0 Å². The van der Waals surface area contributed by atoms with Crippen LogP contribution in [0.25, 0.3) is 0 Å². The Morgan fingerprint density at radius 1 is 1.38 bits per heavy atom. The fourth-order valence-electron chi connectivity index (χ4n) is 2.58. The number of pyridine rings is 1. The maximum Gasteiger partial charge on any atom is 0.433 e. The highest BCUT2D eigenvalue weighted by molar-refractivity contribution is 5.73. The molecule has 5 nitrogen and oxygen atoms in total. The van der Waals surface area contributed by atoms with Crippen molar-refractivity contribution in [2.24, 2.45) is 0 Å². The van der Waals surface area contributed by atoms with Crippen molar-refractivity contribution in [1.82, 2.24) is 10.3 Å². The first-order valence-electron chi connectivity index (χ1n) is 6.36. The van der Waals surface area contributed by atoms with E-state index in [-0.39, 0.29) is 6.42 Å². The molecule has 0 saturated heterocycles. The van der Waals surface area contributed by atoms with E-state index in [0.29, 0.717) is 5.56 Å². The van der Waals surface area contributed by atoms with E-state index >= 15 is 0 Å². The van der Waals surface area contributed by atoms with Crippen LogP contribution in [0.5, 0.6) is 0 Å². The number of hydrogen-bond donors (Lipinski definition) is 3. The average Bonchev–Trinajstić information content (AvgIpc) is 2.66. The van der Waals surface area contributed by atoms with Gasteiger partial charge in [0.05, 0.1) is 12.1 Å². The molecule has 1 aromatic rings. The van der Waals surface area contributed by atoms with Crippen LogP contribution >= 0.6 is 0 Å². The normalized spacial score (nSPS) is 29.4. The summed E-state index contributed by atoms with van der Waals surface area (Å²) in [6, 6.07) is 1.34. The maximum absolute atomic E-state index is 12.5. The molecule has 1 heterocycles. The number of aliphatic hydroxyl groups is 2. The third-order valence-corrected chi connectivity index (χ3v) is 3.57. The van der Waals surface area contributed by atoms with Gasteiger partial charge >= 0.3 is 6.18 Å². The molecule has 1 aliphatic rings. The van der Waals surface area contributed by atoms with Crippen molar-refractivity contribution < 1.29 is 28.2 Å². The molecule has 1 aromatic heterocycles. The van der Waals surface area contributed by atoms with Gasteiger partial charge in [-0.1, -0.05) is 6.07 Å². The Labute approximate surface area is 118 Å². The molecule has 1 saturated carbocycles. The first kappa shape index (κ1) is 15.7. The second-order valence-corrected chi connectivity index (χ2v) is 5.10. The lowest BCUT2D eigenvalue weighted by Gasteiger charge is -2.23. The molecule has 2 rings (SSSR count). The van der Waals surface area contributed by atoms with Crippen LogP contribution in [-0.2, 0) is 11.0 Å². The molecule has 8 heteroatoms. The second-order valence-electron chi connectivity index (χ2n) is 5.10. The number of nitrogens with zero attached hydrogens (tertiary/aromatic N) is 1. The Balaban J connectivity index is 2.25. The molecule has 1 fully saturated rings. The van der Waals surface area contributed by atoms with Crippen molar-refractivity contribution in [3.05, 3.63) is 29.6 Å². The number of rotatable bonds is 2. The second kappa shape index (κ2) is 5.61. The first-order valence-corrected chi connectivity index (χ1v) is 6.36. The third-order valence-electron chi connectivity index (χ3n) is 3.57. The van der Waals surface area contributed by atoms with Gasteiger partial charge < -0.3 is 15.5 Å². The van der Waals surface area contributed by atoms with Crippen molar-refractivity contribution in [2.45, 2.75) is 43.7 Å². The van der Waals surface area contributed by atoms with Gasteiger partial charge in [-0.05, 0) is 18.1 Å². The van der Waals surface area contributed by atoms with E-state index in [4.69, 9.17) is 0 Å². The highest BCUT2D eigenvalue weighted by Crippen LogP contribution is 2.36. The van der Waals surface area contributed by atoms with Gasteiger partial charge in [0.1, 0.15) is 11.8 Å². The van der Waals surface area contributed by atoms with Crippen LogP contribution in [-0.4, -0.2) is 39.4 Å². The van der Waals surface area contributed by atoms with Crippen LogP contribution in [0.2, 0.25) is 0 Å². The number of halogens is 3. The van der Waals surface area contributed by atoms with Gasteiger partial charge in [-0.3, -0.25) is 9.78 Å². The highest BCUT2D eigenvalue weighted by atomic mass is 19.4. The monoisotopic (exact) mass is 304 g/mol. The van der Waals surface area contributed by atoms with Crippen molar-refractivity contribution in [3.63, 3.8) is 0 Å². The van der Waals surface area contributed by atoms with Gasteiger partial charge in [0.15, 0.2) is 0 Å². The van der Waals surface area contributed by atoms with E-state index in [0.717, 1.165) is 12.3 Å². The molecule has 0 bridgehead atoms. The summed E-state index contributed by atoms with van der Waals surface area (Å²) in [6.45, 7) is 1.26. The molecule has 0 aliphatic heterocycles. The molecule has 0 aromatic carbocycles. The van der Waals surface area contributed by atoms with Crippen molar-refractivity contribution in [1.29, 1.82) is 0 Å². The number of hydrogen-bond acceptors (Lipinski definition) is 4. The summed E-state index contributed by atoms with van der Waals surface area (Å²) in [5.41, 5.74) is -0.584. The highest BCUT2D eigenvalue weighted by Gasteiger charge is 2.43. The van der Waals surface area contributed by atoms with Gasteiger partial charge in [0.2, 0.25) is 5.91 Å². The summed E-state index contributed by atoms with van der Waals surface area (Å²) in [5, 5.41) is 22.1. The summed E-state index contributed by atoms with van der Waals surface area (Å²) in [6.07, 6.45) is -5.54. The predicted molar refractivity (Wildman–Crippen MR) is 66.2 cm³/mol. The molecule has 4 atom stereocenters. The van der Waals surface area contributed by atoms with E-state index in [2.05, 4.69) is 10.3 Å². The van der Waals surface area contributed by atoms with Crippen LogP contribution < -0.4 is 5.32 Å². The number of aromatic nitrogens is 1. The standard InChI is InChI=1S/C13H15F3N2O3/c1-6(19)18-11-8(4-9(20)12(11)21)7-2-3-10(17-5-7)13(14,15)16/h2-3,5,8-9,11-12,20-21H,4H2,1H3,(H,18,19)/t8-,9-,11-,12-/m1/s1. The largest absolute Gasteiger partial charge is 0.433 e. The number of amides is 1. The summed E-state index contributed by atoms with van der Waals surface area (Å²) in [7, 11) is 0. The Morgan fingerprint density at radius 3 is 2.52 bits per heavy atom. The minimum Gasteiger partial charge on any atom is -0.390 e. The average molecular weight is 304 g/mol. The zero-order chi connectivity index (χ0) is 15.8. The van der Waals surface area contributed by atoms with Gasteiger partial charge in [-0.2, -0.15) is 13.2 Å². The SMILES string of the molecule is CC(=O)N[C@H]1[C@H](O)[C@H](O)C[C@@H]1c1ccc(C(F)(F)F)nc1. The number of aliphatic hydroxyl groups excluding tert-OH is 2. The van der Waals surface area contributed by atoms with E-state index in [9.17, 15) is 28.2 Å². The summed E-state index contributed by atoms with van der Waals surface area (Å²) < 4.78 is 37.4. The molecule has 0 spiro atoms. The Morgan fingerprint density at radius 2 is 2.05 bits per heavy atom. The molecular weight excluding hydrogens is 289 g/mol. The minimum absolute atomic E-state index is 0.138. The van der Waals surface area contributed by atoms with Gasteiger partial charge in [0, 0.05) is 19.0 Å². The summed E-state index contributed by atoms with van der Waals surface area (Å²) in [5.74, 6) is -0.883. The number of carbonyl (C=O) groups is 1. The van der Waals surface area contributed by atoms with Crippen LogP contribution in [0.4, 0.5) is 13.2 Å². The van der Waals surface area contributed by atoms with Crippen LogP contribution in [0.15, 0.2) is 18.3 Å². The molecule has 3 N–H and O–H groups in total. The van der Waals surface area contributed by atoms with E-state index in [1.807, 2.05) is 0 Å². The molecule has 1 amide bonds. The lowest BCUT2D eigenvalue weighted by molar-refractivity contribution is -0.141. The molecule has 0 radical (unpaired) electrons. The Kier molecular flexibility index (Phi) is 4.20. The topological polar surface area (TPSA) is 82.5 Å². The Bertz CT molecular complexity index is 518. The van der Waals surface area contributed by atoms with Gasteiger partial charge in [0.25, 0.3) is 0 Å². The molecule has 0 unspecified atom stereocenters. The number of carbonyl (C=O) groups excluding carboxylic acids is 1.